The van der Waals surface area contributed by atoms with Crippen molar-refractivity contribution < 1.29 is 20.5 Å². The minimum absolute atomic E-state index is 0.195. The van der Waals surface area contributed by atoms with Gasteiger partial charge in [-0.05, 0) is 36.1 Å². The predicted octanol–water partition coefficient (Wildman–Crippen LogP) is 3.24. The molecule has 0 heterocycles. The number of rotatable bonds is 8. The topological polar surface area (TPSA) is 77.5 Å². The summed E-state index contributed by atoms with van der Waals surface area (Å²) in [6.07, 6.45) is 3.60. The molecule has 7 heteroatoms. The lowest BCUT2D eigenvalue weighted by atomic mass is 10.1. The van der Waals surface area contributed by atoms with Gasteiger partial charge in [-0.2, -0.15) is 16.8 Å². The minimum Gasteiger partial charge on any atom is -0.193 e. The van der Waals surface area contributed by atoms with E-state index in [0.717, 1.165) is 0 Å². The standard InChI is InChI=1S/C18H18O5S2/c1-3-9-15-11-5-7-13-17(15)24(19,20)23-25(21,22)18-14-8-6-12-16(18)10-4-2/h3-8,11-14H,1-2,9-10H2. The van der Waals surface area contributed by atoms with Crippen LogP contribution in [0, 0.1) is 0 Å². The molecular formula is C18H18O5S2. The highest BCUT2D eigenvalue weighted by molar-refractivity contribution is 8.00. The maximum absolute atomic E-state index is 12.5. The van der Waals surface area contributed by atoms with Gasteiger partial charge in [-0.15, -0.1) is 16.8 Å². The fourth-order valence-corrected chi connectivity index (χ4v) is 5.30. The maximum atomic E-state index is 12.5. The summed E-state index contributed by atoms with van der Waals surface area (Å²) in [6.45, 7) is 7.14. The quantitative estimate of drug-likeness (QED) is 0.659. The van der Waals surface area contributed by atoms with Gasteiger partial charge in [0, 0.05) is 0 Å². The Morgan fingerprint density at radius 1 is 0.720 bits per heavy atom. The van der Waals surface area contributed by atoms with Crippen molar-refractivity contribution in [2.45, 2.75) is 22.6 Å². The van der Waals surface area contributed by atoms with Gasteiger partial charge in [0.1, 0.15) is 0 Å². The summed E-state index contributed by atoms with van der Waals surface area (Å²) in [5.41, 5.74) is 0.819. The van der Waals surface area contributed by atoms with E-state index in [9.17, 15) is 16.8 Å². The van der Waals surface area contributed by atoms with Crippen LogP contribution in [0.25, 0.3) is 0 Å². The summed E-state index contributed by atoms with van der Waals surface area (Å²) in [4.78, 5) is -0.389. The van der Waals surface area contributed by atoms with Gasteiger partial charge in [-0.25, -0.2) is 0 Å². The molecule has 0 bridgehead atoms. The van der Waals surface area contributed by atoms with E-state index >= 15 is 0 Å². The third kappa shape index (κ3) is 4.45. The van der Waals surface area contributed by atoms with Crippen LogP contribution >= 0.6 is 0 Å². The Kier molecular flexibility index (Phi) is 5.94. The fraction of sp³-hybridized carbons (Fsp3) is 0.111. The molecule has 0 aliphatic carbocycles. The molecule has 0 saturated carbocycles. The van der Waals surface area contributed by atoms with Crippen LogP contribution in [0.5, 0.6) is 0 Å². The van der Waals surface area contributed by atoms with E-state index < -0.39 is 20.2 Å². The Balaban J connectivity index is 2.47. The first kappa shape index (κ1) is 19.1. The van der Waals surface area contributed by atoms with Crippen molar-refractivity contribution in [1.29, 1.82) is 0 Å². The predicted molar refractivity (Wildman–Crippen MR) is 96.1 cm³/mol. The van der Waals surface area contributed by atoms with Crippen LogP contribution in [-0.4, -0.2) is 16.8 Å². The van der Waals surface area contributed by atoms with Gasteiger partial charge in [0.05, 0.1) is 9.79 Å². The van der Waals surface area contributed by atoms with Crippen molar-refractivity contribution in [2.75, 3.05) is 0 Å². The van der Waals surface area contributed by atoms with E-state index in [2.05, 4.69) is 16.8 Å². The molecule has 0 aliphatic heterocycles. The average Bonchev–Trinajstić information content (AvgIpc) is 2.55. The van der Waals surface area contributed by atoms with Crippen molar-refractivity contribution in [3.63, 3.8) is 0 Å². The zero-order valence-electron chi connectivity index (χ0n) is 13.5. The van der Waals surface area contributed by atoms with Gasteiger partial charge in [0.25, 0.3) is 0 Å². The molecule has 0 aromatic heterocycles. The molecule has 5 nitrogen and oxygen atoms in total. The van der Waals surface area contributed by atoms with E-state index in [0.29, 0.717) is 11.1 Å². The Labute approximate surface area is 148 Å². The van der Waals surface area contributed by atoms with Gasteiger partial charge in [0.2, 0.25) is 0 Å². The van der Waals surface area contributed by atoms with Crippen molar-refractivity contribution in [1.82, 2.24) is 0 Å². The van der Waals surface area contributed by atoms with E-state index in [1.807, 2.05) is 0 Å². The monoisotopic (exact) mass is 378 g/mol. The molecule has 0 atom stereocenters. The summed E-state index contributed by atoms with van der Waals surface area (Å²) in [5, 5.41) is 0. The molecule has 2 rings (SSSR count). The number of hydrogen-bond acceptors (Lipinski definition) is 5. The summed E-state index contributed by atoms with van der Waals surface area (Å²) in [7, 11) is -9.02. The van der Waals surface area contributed by atoms with Crippen LogP contribution in [0.2, 0.25) is 0 Å². The molecule has 25 heavy (non-hydrogen) atoms. The first-order chi connectivity index (χ1) is 11.8. The van der Waals surface area contributed by atoms with E-state index in [1.165, 1.54) is 36.4 Å². The smallest absolute Gasteiger partial charge is 0.193 e. The highest BCUT2D eigenvalue weighted by Crippen LogP contribution is 2.25. The summed E-state index contributed by atoms with van der Waals surface area (Å²) in [5.74, 6) is 0. The molecule has 0 saturated heterocycles. The van der Waals surface area contributed by atoms with E-state index in [1.54, 1.807) is 24.3 Å². The summed E-state index contributed by atoms with van der Waals surface area (Å²) >= 11 is 0. The van der Waals surface area contributed by atoms with Crippen LogP contribution in [-0.2, 0) is 36.7 Å². The van der Waals surface area contributed by atoms with Crippen LogP contribution in [0.15, 0.2) is 83.6 Å². The molecule has 0 unspecified atom stereocenters. The van der Waals surface area contributed by atoms with Crippen LogP contribution in [0.1, 0.15) is 11.1 Å². The highest BCUT2D eigenvalue weighted by Gasteiger charge is 2.29. The Morgan fingerprint density at radius 3 is 1.44 bits per heavy atom. The Bertz CT molecular complexity index is 908. The van der Waals surface area contributed by atoms with Crippen molar-refractivity contribution in [3.8, 4) is 0 Å². The third-order valence-electron chi connectivity index (χ3n) is 3.39. The Hall–Kier alpha value is -2.22. The largest absolute Gasteiger partial charge is 0.312 e. The highest BCUT2D eigenvalue weighted by atomic mass is 32.3. The zero-order chi connectivity index (χ0) is 18.5. The molecule has 0 aliphatic rings. The molecule has 132 valence electrons. The third-order valence-corrected chi connectivity index (χ3v) is 6.70. The van der Waals surface area contributed by atoms with Crippen LogP contribution < -0.4 is 0 Å². The van der Waals surface area contributed by atoms with Gasteiger partial charge >= 0.3 is 20.2 Å². The maximum Gasteiger partial charge on any atom is 0.312 e. The fourth-order valence-electron chi connectivity index (χ4n) is 2.33. The lowest BCUT2D eigenvalue weighted by Crippen LogP contribution is -2.16. The number of hydrogen-bond donors (Lipinski definition) is 0. The first-order valence-electron chi connectivity index (χ1n) is 7.40. The second-order valence-electron chi connectivity index (χ2n) is 5.18. The van der Waals surface area contributed by atoms with Gasteiger partial charge in [0.15, 0.2) is 0 Å². The molecule has 0 radical (unpaired) electrons. The molecule has 2 aromatic carbocycles. The summed E-state index contributed by atoms with van der Waals surface area (Å²) < 4.78 is 54.8. The normalized spacial score (nSPS) is 11.8. The minimum atomic E-state index is -4.51. The van der Waals surface area contributed by atoms with Crippen LogP contribution in [0.3, 0.4) is 0 Å². The number of allylic oxidation sites excluding steroid dienone is 2. The molecule has 0 N–H and O–H groups in total. The van der Waals surface area contributed by atoms with Gasteiger partial charge in [-0.1, -0.05) is 48.6 Å². The lowest BCUT2D eigenvalue weighted by molar-refractivity contribution is 0.461. The van der Waals surface area contributed by atoms with Crippen molar-refractivity contribution in [2.24, 2.45) is 0 Å². The van der Waals surface area contributed by atoms with E-state index in [-0.39, 0.29) is 22.6 Å². The van der Waals surface area contributed by atoms with Crippen molar-refractivity contribution in [3.05, 3.63) is 85.0 Å². The second-order valence-corrected chi connectivity index (χ2v) is 8.42. The average molecular weight is 378 g/mol. The van der Waals surface area contributed by atoms with Gasteiger partial charge < -0.3 is 0 Å². The number of benzene rings is 2. The van der Waals surface area contributed by atoms with Crippen LogP contribution in [0.4, 0.5) is 0 Å². The van der Waals surface area contributed by atoms with E-state index in [4.69, 9.17) is 0 Å². The molecule has 0 amide bonds. The molecule has 0 spiro atoms. The van der Waals surface area contributed by atoms with Crippen molar-refractivity contribution >= 4 is 20.2 Å². The zero-order valence-corrected chi connectivity index (χ0v) is 15.1. The summed E-state index contributed by atoms with van der Waals surface area (Å²) in [6, 6.07) is 12.1. The van der Waals surface area contributed by atoms with Gasteiger partial charge in [-0.3, -0.25) is 0 Å². The molecule has 2 aromatic rings. The lowest BCUT2D eigenvalue weighted by Gasteiger charge is -2.11. The first-order valence-corrected chi connectivity index (χ1v) is 10.2. The Morgan fingerprint density at radius 2 is 1.08 bits per heavy atom. The SMILES string of the molecule is C=CCc1ccccc1S(=O)(=O)OS(=O)(=O)c1ccccc1CC=C. The molecule has 0 fully saturated rings. The molecular weight excluding hydrogens is 360 g/mol. The second kappa shape index (κ2) is 7.77.